The lowest BCUT2D eigenvalue weighted by Crippen LogP contribution is -1.78. The maximum absolute atomic E-state index is 7.45. The van der Waals surface area contributed by atoms with Gasteiger partial charge in [0.15, 0.2) is 0 Å². The van der Waals surface area contributed by atoms with Gasteiger partial charge >= 0.3 is 0 Å². The molecule has 7 heavy (non-hydrogen) atoms. The molecule has 0 saturated carbocycles. The van der Waals surface area contributed by atoms with Crippen molar-refractivity contribution >= 4 is 31.7 Å². The molecule has 0 fully saturated rings. The first-order valence-corrected chi connectivity index (χ1v) is 3.58. The molecule has 0 rings (SSSR count). The molecule has 3 nitrogen and oxygen atoms in total. The molecule has 0 aromatic rings. The van der Waals surface area contributed by atoms with Gasteiger partial charge in [-0.15, -0.1) is 23.2 Å². The standard InChI is InChI=1S/CH2Cl2.H4NO2P/c2-1-3;1-4(2)3/h1H2;2-3H,1H2. The molecule has 0 aliphatic rings. The largest absolute Gasteiger partial charge is 0.338 e. The molecule has 0 saturated heterocycles. The fourth-order valence-corrected chi connectivity index (χ4v) is 0. The van der Waals surface area contributed by atoms with E-state index in [1.807, 2.05) is 0 Å². The minimum Gasteiger partial charge on any atom is -0.338 e. The summed E-state index contributed by atoms with van der Waals surface area (Å²) < 4.78 is 0. The average molecular weight is 166 g/mol. The topological polar surface area (TPSA) is 66.5 Å². The van der Waals surface area contributed by atoms with E-state index in [4.69, 9.17) is 33.0 Å². The van der Waals surface area contributed by atoms with Crippen molar-refractivity contribution in [2.75, 3.05) is 5.34 Å². The van der Waals surface area contributed by atoms with E-state index in [1.54, 1.807) is 0 Å². The van der Waals surface area contributed by atoms with Crippen molar-refractivity contribution in [3.05, 3.63) is 0 Å². The summed E-state index contributed by atoms with van der Waals surface area (Å²) in [4.78, 5) is 14.9. The van der Waals surface area contributed by atoms with Gasteiger partial charge in [0.25, 0.3) is 0 Å². The molecule has 0 atom stereocenters. The Kier molecular flexibility index (Phi) is 15.4. The SMILES string of the molecule is ClCCl.NP(O)O. The number of rotatable bonds is 0. The van der Waals surface area contributed by atoms with Crippen molar-refractivity contribution < 1.29 is 9.79 Å². The molecule has 0 radical (unpaired) electrons. The van der Waals surface area contributed by atoms with E-state index in [0.717, 1.165) is 0 Å². The predicted octanol–water partition coefficient (Wildman–Crippen LogP) is 0.578. The van der Waals surface area contributed by atoms with E-state index in [0.29, 0.717) is 0 Å². The Morgan fingerprint density at radius 2 is 1.43 bits per heavy atom. The summed E-state index contributed by atoms with van der Waals surface area (Å²) in [7, 11) is -2.12. The number of hydrogen-bond acceptors (Lipinski definition) is 3. The first-order valence-electron chi connectivity index (χ1n) is 1.19. The van der Waals surface area contributed by atoms with Crippen LogP contribution in [0.2, 0.25) is 0 Å². The van der Waals surface area contributed by atoms with Crippen molar-refractivity contribution in [2.45, 2.75) is 0 Å². The van der Waals surface area contributed by atoms with E-state index >= 15 is 0 Å². The molecule has 0 aliphatic carbocycles. The summed E-state index contributed by atoms with van der Waals surface area (Å²) in [5.74, 6) is 0. The highest BCUT2D eigenvalue weighted by atomic mass is 35.5. The van der Waals surface area contributed by atoms with Crippen molar-refractivity contribution in [1.29, 1.82) is 0 Å². The Morgan fingerprint density at radius 1 is 1.43 bits per heavy atom. The second-order valence-corrected chi connectivity index (χ2v) is 1.87. The zero-order valence-electron chi connectivity index (χ0n) is 3.38. The van der Waals surface area contributed by atoms with E-state index < -0.39 is 8.53 Å². The van der Waals surface area contributed by atoms with Gasteiger partial charge in [-0.25, -0.2) is 0 Å². The highest BCUT2D eigenvalue weighted by Gasteiger charge is 1.72. The average Bonchev–Trinajstić information content (AvgIpc) is 1.33. The third-order valence-electron chi connectivity index (χ3n) is 0. The van der Waals surface area contributed by atoms with Gasteiger partial charge < -0.3 is 9.79 Å². The minimum absolute atomic E-state index is 0.194. The second-order valence-electron chi connectivity index (χ2n) is 0.421. The predicted molar refractivity (Wildman–Crippen MR) is 32.1 cm³/mol. The molecule has 0 amide bonds. The quantitative estimate of drug-likeness (QED) is 0.364. The lowest BCUT2D eigenvalue weighted by atomic mass is 11.9. The summed E-state index contributed by atoms with van der Waals surface area (Å²) in [6.45, 7) is 0. The van der Waals surface area contributed by atoms with E-state index in [2.05, 4.69) is 5.50 Å². The van der Waals surface area contributed by atoms with Gasteiger partial charge in [0, 0.05) is 0 Å². The normalized spacial score (nSPS) is 7.71. The third kappa shape index (κ3) is 208. The Hall–Kier alpha value is 0.890. The fraction of sp³-hybridized carbons (Fsp3) is 1.00. The fourth-order valence-electron chi connectivity index (χ4n) is 0. The molecular weight excluding hydrogens is 160 g/mol. The summed E-state index contributed by atoms with van der Waals surface area (Å²) in [5.41, 5.74) is 4.29. The summed E-state index contributed by atoms with van der Waals surface area (Å²) >= 11 is 9.53. The van der Waals surface area contributed by atoms with Crippen molar-refractivity contribution in [3.8, 4) is 0 Å². The monoisotopic (exact) mass is 165 g/mol. The van der Waals surface area contributed by atoms with E-state index in [-0.39, 0.29) is 5.34 Å². The first kappa shape index (κ1) is 10.8. The van der Waals surface area contributed by atoms with Crippen LogP contribution in [0.3, 0.4) is 0 Å². The smallest absolute Gasteiger partial charge is 0.247 e. The van der Waals surface area contributed by atoms with Crippen LogP contribution in [0.15, 0.2) is 0 Å². The first-order chi connectivity index (χ1) is 3.15. The van der Waals surface area contributed by atoms with Crippen LogP contribution in [-0.2, 0) is 0 Å². The maximum atomic E-state index is 7.45. The van der Waals surface area contributed by atoms with Gasteiger partial charge in [0.2, 0.25) is 8.53 Å². The lowest BCUT2D eigenvalue weighted by molar-refractivity contribution is 0.485. The molecular formula is CH6Cl2NO2P. The van der Waals surface area contributed by atoms with Gasteiger partial charge in [-0.05, 0) is 0 Å². The van der Waals surface area contributed by atoms with E-state index in [9.17, 15) is 0 Å². The zero-order valence-corrected chi connectivity index (χ0v) is 5.79. The van der Waals surface area contributed by atoms with Crippen LogP contribution in [0.25, 0.3) is 0 Å². The second kappa shape index (κ2) is 10.00. The maximum Gasteiger partial charge on any atom is 0.247 e. The molecule has 0 aromatic carbocycles. The number of halogens is 2. The molecule has 6 heteroatoms. The molecule has 4 N–H and O–H groups in total. The van der Waals surface area contributed by atoms with Gasteiger partial charge in [-0.1, -0.05) is 0 Å². The Bertz CT molecular complexity index is 26.9. The highest BCUT2D eigenvalue weighted by molar-refractivity contribution is 7.42. The van der Waals surface area contributed by atoms with Crippen LogP contribution in [-0.4, -0.2) is 15.1 Å². The minimum atomic E-state index is -2.12. The molecule has 0 bridgehead atoms. The number of hydrogen-bond donors (Lipinski definition) is 3. The molecule has 0 aliphatic heterocycles. The van der Waals surface area contributed by atoms with Gasteiger partial charge in [-0.2, -0.15) is 0 Å². The summed E-state index contributed by atoms with van der Waals surface area (Å²) in [6.07, 6.45) is 0. The molecule has 0 heterocycles. The van der Waals surface area contributed by atoms with Gasteiger partial charge in [0.1, 0.15) is 0 Å². The van der Waals surface area contributed by atoms with Crippen molar-refractivity contribution in [3.63, 3.8) is 0 Å². The van der Waals surface area contributed by atoms with Crippen LogP contribution in [0.1, 0.15) is 0 Å². The molecule has 46 valence electrons. The van der Waals surface area contributed by atoms with Crippen LogP contribution in [0.4, 0.5) is 0 Å². The summed E-state index contributed by atoms with van der Waals surface area (Å²) in [6, 6.07) is 0. The highest BCUT2D eigenvalue weighted by Crippen LogP contribution is 2.05. The Balaban J connectivity index is 0. The van der Waals surface area contributed by atoms with Crippen LogP contribution in [0.5, 0.6) is 0 Å². The number of alkyl halides is 2. The van der Waals surface area contributed by atoms with Crippen molar-refractivity contribution in [1.82, 2.24) is 0 Å². The Labute approximate surface area is 53.0 Å². The van der Waals surface area contributed by atoms with Crippen LogP contribution >= 0.6 is 31.7 Å². The van der Waals surface area contributed by atoms with Gasteiger partial charge in [0.05, 0.1) is 5.34 Å². The van der Waals surface area contributed by atoms with Gasteiger partial charge in [-0.3, -0.25) is 5.50 Å². The molecule has 0 unspecified atom stereocenters. The third-order valence-corrected chi connectivity index (χ3v) is 0. The molecule has 0 aromatic heterocycles. The van der Waals surface area contributed by atoms with Crippen molar-refractivity contribution in [2.24, 2.45) is 5.50 Å². The van der Waals surface area contributed by atoms with Crippen LogP contribution in [0, 0.1) is 0 Å². The Morgan fingerprint density at radius 3 is 1.43 bits per heavy atom. The van der Waals surface area contributed by atoms with E-state index in [1.165, 1.54) is 0 Å². The summed E-state index contributed by atoms with van der Waals surface area (Å²) in [5, 5.41) is 0.194. The van der Waals surface area contributed by atoms with Crippen LogP contribution < -0.4 is 5.50 Å². The zero-order chi connectivity index (χ0) is 6.28. The molecule has 0 spiro atoms. The lowest BCUT2D eigenvalue weighted by Gasteiger charge is -1.79. The number of nitrogens with two attached hydrogens (primary N) is 1.